The number of morpholine rings is 1. The van der Waals surface area contributed by atoms with E-state index in [1.807, 2.05) is 29.0 Å². The van der Waals surface area contributed by atoms with Crippen molar-refractivity contribution in [2.24, 2.45) is 0 Å². The molecule has 1 fully saturated rings. The van der Waals surface area contributed by atoms with E-state index in [0.717, 1.165) is 61.8 Å². The molecule has 1 aromatic carbocycles. The molecule has 2 aromatic heterocycles. The first kappa shape index (κ1) is 20.5. The minimum atomic E-state index is 0.303. The van der Waals surface area contributed by atoms with Gasteiger partial charge in [0.2, 0.25) is 0 Å². The van der Waals surface area contributed by atoms with Crippen LogP contribution in [0.15, 0.2) is 42.9 Å². The van der Waals surface area contributed by atoms with E-state index >= 15 is 0 Å². The Hall–Kier alpha value is -2.77. The number of carbonyl (C=O) groups excluding carboxylic acids is 1. The third-order valence-corrected chi connectivity index (χ3v) is 5.54. The zero-order chi connectivity index (χ0) is 20.8. The van der Waals surface area contributed by atoms with Crippen LogP contribution >= 0.6 is 0 Å². The molecule has 0 amide bonds. The highest BCUT2D eigenvalue weighted by Gasteiger charge is 2.12. The lowest BCUT2D eigenvalue weighted by atomic mass is 10.1. The van der Waals surface area contributed by atoms with Crippen LogP contribution in [0.2, 0.25) is 0 Å². The molecule has 3 heterocycles. The topological polar surface area (TPSA) is 72.3 Å². The molecule has 0 atom stereocenters. The summed E-state index contributed by atoms with van der Waals surface area (Å²) in [6.07, 6.45) is 5.63. The summed E-state index contributed by atoms with van der Waals surface area (Å²) in [6.45, 7) is 7.24. The number of aryl methyl sites for hydroxylation is 2. The van der Waals surface area contributed by atoms with Crippen LogP contribution in [-0.2, 0) is 16.1 Å². The zero-order valence-electron chi connectivity index (χ0n) is 17.5. The van der Waals surface area contributed by atoms with Crippen LogP contribution in [0.4, 0.5) is 11.5 Å². The van der Waals surface area contributed by atoms with Crippen molar-refractivity contribution in [1.82, 2.24) is 19.4 Å². The van der Waals surface area contributed by atoms with E-state index in [1.54, 1.807) is 6.33 Å². The second-order valence-electron chi connectivity index (χ2n) is 7.81. The number of nitrogens with one attached hydrogen (secondary N) is 1. The van der Waals surface area contributed by atoms with Crippen LogP contribution < -0.4 is 5.32 Å². The van der Waals surface area contributed by atoms with Gasteiger partial charge in [-0.1, -0.05) is 17.7 Å². The second-order valence-corrected chi connectivity index (χ2v) is 7.81. The molecule has 0 radical (unpaired) electrons. The largest absolute Gasteiger partial charge is 0.379 e. The van der Waals surface area contributed by atoms with Gasteiger partial charge in [-0.15, -0.1) is 0 Å². The SMILES string of the molecule is Cc1ccc(Nc2ncnc3c2ccn3CCC(=O)CCCN2CCOCC2)cc1. The van der Waals surface area contributed by atoms with Crippen LogP contribution in [-0.4, -0.2) is 58.1 Å². The van der Waals surface area contributed by atoms with Crippen LogP contribution in [0, 0.1) is 6.92 Å². The van der Waals surface area contributed by atoms with E-state index in [9.17, 15) is 4.79 Å². The second kappa shape index (κ2) is 9.82. The maximum atomic E-state index is 12.3. The number of nitrogens with zero attached hydrogens (tertiary/aromatic N) is 4. The molecule has 1 aliphatic heterocycles. The third-order valence-electron chi connectivity index (χ3n) is 5.54. The van der Waals surface area contributed by atoms with Crippen molar-refractivity contribution in [3.05, 3.63) is 48.4 Å². The predicted octanol–water partition coefficient (Wildman–Crippen LogP) is 3.55. The quantitative estimate of drug-likeness (QED) is 0.585. The summed E-state index contributed by atoms with van der Waals surface area (Å²) in [5.41, 5.74) is 3.05. The van der Waals surface area contributed by atoms with Crippen molar-refractivity contribution in [3.8, 4) is 0 Å². The first-order chi connectivity index (χ1) is 14.7. The van der Waals surface area contributed by atoms with Crippen molar-refractivity contribution in [1.29, 1.82) is 0 Å². The van der Waals surface area contributed by atoms with E-state index in [2.05, 4.69) is 39.2 Å². The lowest BCUT2D eigenvalue weighted by Gasteiger charge is -2.26. The fourth-order valence-corrected chi connectivity index (χ4v) is 3.75. The van der Waals surface area contributed by atoms with E-state index < -0.39 is 0 Å². The maximum absolute atomic E-state index is 12.3. The number of hydrogen-bond acceptors (Lipinski definition) is 6. The number of benzene rings is 1. The first-order valence-corrected chi connectivity index (χ1v) is 10.6. The molecule has 0 saturated carbocycles. The number of fused-ring (bicyclic) bond motifs is 1. The molecule has 3 aromatic rings. The Kier molecular flexibility index (Phi) is 6.71. The van der Waals surface area contributed by atoms with Gasteiger partial charge in [0, 0.05) is 44.4 Å². The van der Waals surface area contributed by atoms with Crippen LogP contribution in [0.1, 0.15) is 24.8 Å². The van der Waals surface area contributed by atoms with Crippen molar-refractivity contribution in [2.75, 3.05) is 38.2 Å². The summed E-state index contributed by atoms with van der Waals surface area (Å²) in [4.78, 5) is 23.6. The lowest BCUT2D eigenvalue weighted by molar-refractivity contribution is -0.119. The highest BCUT2D eigenvalue weighted by molar-refractivity contribution is 5.89. The Morgan fingerprint density at radius 2 is 1.87 bits per heavy atom. The Morgan fingerprint density at radius 1 is 1.07 bits per heavy atom. The number of rotatable bonds is 9. The zero-order valence-corrected chi connectivity index (χ0v) is 17.5. The number of aromatic nitrogens is 3. The van der Waals surface area contributed by atoms with Crippen molar-refractivity contribution >= 4 is 28.3 Å². The smallest absolute Gasteiger partial charge is 0.145 e. The summed E-state index contributed by atoms with van der Waals surface area (Å²) < 4.78 is 7.40. The average Bonchev–Trinajstić information content (AvgIpc) is 3.19. The molecule has 7 heteroatoms. The third kappa shape index (κ3) is 5.23. The number of Topliss-reactive ketones (excluding diaryl/α,β-unsaturated/α-hetero) is 1. The molecule has 1 N–H and O–H groups in total. The fourth-order valence-electron chi connectivity index (χ4n) is 3.75. The van der Waals surface area contributed by atoms with Crippen molar-refractivity contribution in [2.45, 2.75) is 32.7 Å². The van der Waals surface area contributed by atoms with E-state index in [-0.39, 0.29) is 0 Å². The Labute approximate surface area is 177 Å². The highest BCUT2D eigenvalue weighted by atomic mass is 16.5. The van der Waals surface area contributed by atoms with Crippen molar-refractivity contribution in [3.63, 3.8) is 0 Å². The Bertz CT molecular complexity index is 977. The van der Waals surface area contributed by atoms with E-state index in [1.165, 1.54) is 5.56 Å². The summed E-state index contributed by atoms with van der Waals surface area (Å²) in [7, 11) is 0. The first-order valence-electron chi connectivity index (χ1n) is 10.6. The van der Waals surface area contributed by atoms with Crippen molar-refractivity contribution < 1.29 is 9.53 Å². The molecule has 0 unspecified atom stereocenters. The van der Waals surface area contributed by atoms with Gasteiger partial charge in [-0.2, -0.15) is 0 Å². The highest BCUT2D eigenvalue weighted by Crippen LogP contribution is 2.24. The summed E-state index contributed by atoms with van der Waals surface area (Å²) in [6, 6.07) is 10.2. The molecule has 4 rings (SSSR count). The van der Waals surface area contributed by atoms with Crippen LogP contribution in [0.25, 0.3) is 11.0 Å². The number of hydrogen-bond donors (Lipinski definition) is 1. The van der Waals surface area contributed by atoms with Gasteiger partial charge in [0.15, 0.2) is 0 Å². The van der Waals surface area contributed by atoms with E-state index in [0.29, 0.717) is 25.2 Å². The van der Waals surface area contributed by atoms with Gasteiger partial charge in [-0.3, -0.25) is 9.69 Å². The molecule has 7 nitrogen and oxygen atoms in total. The summed E-state index contributed by atoms with van der Waals surface area (Å²) >= 11 is 0. The Balaban J connectivity index is 1.32. The maximum Gasteiger partial charge on any atom is 0.145 e. The van der Waals surface area contributed by atoms with Gasteiger partial charge in [0.1, 0.15) is 23.6 Å². The van der Waals surface area contributed by atoms with Gasteiger partial charge in [-0.25, -0.2) is 9.97 Å². The number of anilines is 2. The molecular weight excluding hydrogens is 378 g/mol. The van der Waals surface area contributed by atoms with Crippen LogP contribution in [0.5, 0.6) is 0 Å². The number of ketones is 1. The lowest BCUT2D eigenvalue weighted by Crippen LogP contribution is -2.36. The number of ether oxygens (including phenoxy) is 1. The monoisotopic (exact) mass is 407 g/mol. The summed E-state index contributed by atoms with van der Waals surface area (Å²) in [5.74, 6) is 1.08. The summed E-state index contributed by atoms with van der Waals surface area (Å²) in [5, 5.41) is 4.32. The molecule has 0 bridgehead atoms. The number of carbonyl (C=O) groups is 1. The molecule has 0 spiro atoms. The van der Waals surface area contributed by atoms with Gasteiger partial charge in [-0.05, 0) is 38.1 Å². The van der Waals surface area contributed by atoms with Crippen LogP contribution in [0.3, 0.4) is 0 Å². The molecular formula is C23H29N5O2. The molecule has 30 heavy (non-hydrogen) atoms. The molecule has 158 valence electrons. The standard InChI is InChI=1S/C23H29N5O2/c1-18-4-6-19(7-5-18)26-22-21-9-12-28(23(21)25-17-24-22)11-8-20(29)3-2-10-27-13-15-30-16-14-27/h4-7,9,12,17H,2-3,8,10-11,13-16H2,1H3,(H,24,25,26). The average molecular weight is 408 g/mol. The molecule has 0 aliphatic carbocycles. The van der Waals surface area contributed by atoms with E-state index in [4.69, 9.17) is 4.74 Å². The Morgan fingerprint density at radius 3 is 2.67 bits per heavy atom. The fraction of sp³-hybridized carbons (Fsp3) is 0.435. The molecule has 1 aliphatic rings. The normalized spacial score (nSPS) is 14.8. The van der Waals surface area contributed by atoms with Gasteiger partial charge in [0.05, 0.1) is 18.6 Å². The minimum absolute atomic E-state index is 0.303. The van der Waals surface area contributed by atoms with Gasteiger partial charge >= 0.3 is 0 Å². The van der Waals surface area contributed by atoms with Gasteiger partial charge in [0.25, 0.3) is 0 Å². The minimum Gasteiger partial charge on any atom is -0.379 e. The predicted molar refractivity (Wildman–Crippen MR) is 118 cm³/mol. The van der Waals surface area contributed by atoms with Gasteiger partial charge < -0.3 is 14.6 Å². The molecule has 1 saturated heterocycles.